The number of carbonyl (C=O) groups is 1. The van der Waals surface area contributed by atoms with Crippen molar-refractivity contribution in [2.75, 3.05) is 13.6 Å². The molecule has 0 radical (unpaired) electrons. The second-order valence-corrected chi connectivity index (χ2v) is 10.4. The van der Waals surface area contributed by atoms with Gasteiger partial charge in [0.25, 0.3) is 5.91 Å². The van der Waals surface area contributed by atoms with Crippen molar-refractivity contribution in [2.24, 2.45) is 11.1 Å². The Labute approximate surface area is 182 Å². The summed E-state index contributed by atoms with van der Waals surface area (Å²) in [4.78, 5) is 15.4. The van der Waals surface area contributed by atoms with Crippen LogP contribution < -0.4 is 10.5 Å². The monoisotopic (exact) mass is 447 g/mol. The second-order valence-electron chi connectivity index (χ2n) is 8.43. The quantitative estimate of drug-likeness (QED) is 0.735. The Balaban J connectivity index is 1.71. The highest BCUT2D eigenvalue weighted by molar-refractivity contribution is 7.89. The van der Waals surface area contributed by atoms with Crippen LogP contribution in [0.25, 0.3) is 0 Å². The number of sulfonamides is 1. The summed E-state index contributed by atoms with van der Waals surface area (Å²) in [5, 5.41) is 8.45. The Morgan fingerprint density at radius 2 is 1.87 bits per heavy atom. The zero-order chi connectivity index (χ0) is 21.5. The second kappa shape index (κ2) is 7.96. The molecule has 3 aliphatic rings. The van der Waals surface area contributed by atoms with Crippen LogP contribution in [0.5, 0.6) is 0 Å². The summed E-state index contributed by atoms with van der Waals surface area (Å²) in [6.07, 6.45) is 4.33. The molecule has 2 saturated heterocycles. The van der Waals surface area contributed by atoms with Crippen LogP contribution in [0.2, 0.25) is 5.02 Å². The number of nitrogens with two attached hydrogens (primary N) is 1. The topological polar surface area (TPSA) is 92.5 Å². The van der Waals surface area contributed by atoms with Gasteiger partial charge in [-0.1, -0.05) is 41.9 Å². The summed E-state index contributed by atoms with van der Waals surface area (Å²) in [5.41, 5.74) is 1.09. The number of amides is 1. The van der Waals surface area contributed by atoms with Crippen molar-refractivity contribution < 1.29 is 13.2 Å². The number of carbonyl (C=O) groups excluding carboxylic acids is 1. The maximum Gasteiger partial charge on any atom is 0.251 e. The molecule has 30 heavy (non-hydrogen) atoms. The summed E-state index contributed by atoms with van der Waals surface area (Å²) in [7, 11) is -1.90. The molecule has 1 unspecified atom stereocenters. The van der Waals surface area contributed by atoms with Crippen molar-refractivity contribution in [3.8, 4) is 0 Å². The Morgan fingerprint density at radius 3 is 2.47 bits per heavy atom. The third kappa shape index (κ3) is 3.87. The van der Waals surface area contributed by atoms with Crippen LogP contribution in [0.15, 0.2) is 53.4 Å². The van der Waals surface area contributed by atoms with E-state index in [0.717, 1.165) is 43.7 Å². The molecule has 5 rings (SSSR count). The molecule has 1 amide bonds. The van der Waals surface area contributed by atoms with Gasteiger partial charge in [-0.25, -0.2) is 13.6 Å². The molecule has 3 fully saturated rings. The molecule has 6 nitrogen and oxygen atoms in total. The van der Waals surface area contributed by atoms with Crippen LogP contribution >= 0.6 is 11.6 Å². The van der Waals surface area contributed by atoms with Crippen LogP contribution in [-0.4, -0.2) is 38.4 Å². The number of rotatable bonds is 5. The summed E-state index contributed by atoms with van der Waals surface area (Å²) in [6, 6.07) is 13.9. The molecule has 2 heterocycles. The van der Waals surface area contributed by atoms with Crippen molar-refractivity contribution >= 4 is 27.5 Å². The zero-order valence-corrected chi connectivity index (χ0v) is 18.4. The molecule has 3 N–H and O–H groups in total. The maximum atomic E-state index is 13.2. The molecule has 2 bridgehead atoms. The number of nitrogens with one attached hydrogen (secondary N) is 1. The van der Waals surface area contributed by atoms with E-state index in [4.69, 9.17) is 16.7 Å². The first-order valence-corrected chi connectivity index (χ1v) is 12.0. The lowest BCUT2D eigenvalue weighted by molar-refractivity contribution is -0.0404. The van der Waals surface area contributed by atoms with E-state index in [2.05, 4.69) is 17.3 Å². The molecule has 0 aromatic heterocycles. The number of fused-ring (bicyclic) bond motifs is 3. The van der Waals surface area contributed by atoms with Gasteiger partial charge in [0.2, 0.25) is 10.0 Å². The fourth-order valence-corrected chi connectivity index (χ4v) is 6.14. The number of hydrogen-bond acceptors (Lipinski definition) is 4. The highest BCUT2D eigenvalue weighted by Gasteiger charge is 2.50. The number of primary sulfonamides is 1. The number of hydrogen-bond donors (Lipinski definition) is 2. The molecule has 1 atom stereocenters. The van der Waals surface area contributed by atoms with E-state index >= 15 is 0 Å². The van der Waals surface area contributed by atoms with Crippen LogP contribution in [0.4, 0.5) is 0 Å². The summed E-state index contributed by atoms with van der Waals surface area (Å²) in [6.45, 7) is 1.02. The minimum Gasteiger partial charge on any atom is -0.343 e. The summed E-state index contributed by atoms with van der Waals surface area (Å²) in [5.74, 6) is 0.374. The van der Waals surface area contributed by atoms with E-state index in [0.29, 0.717) is 0 Å². The van der Waals surface area contributed by atoms with Crippen LogP contribution in [0.1, 0.15) is 47.6 Å². The van der Waals surface area contributed by atoms with Gasteiger partial charge in [0.1, 0.15) is 4.90 Å². The smallest absolute Gasteiger partial charge is 0.251 e. The van der Waals surface area contributed by atoms with Gasteiger partial charge in [-0.05, 0) is 62.4 Å². The van der Waals surface area contributed by atoms with E-state index in [1.54, 1.807) is 0 Å². The van der Waals surface area contributed by atoms with E-state index in [1.165, 1.54) is 18.2 Å². The summed E-state index contributed by atoms with van der Waals surface area (Å²) >= 11 is 5.98. The lowest BCUT2D eigenvalue weighted by atomic mass is 9.66. The first-order valence-electron chi connectivity index (χ1n) is 10.1. The number of piperidine rings is 2. The zero-order valence-electron chi connectivity index (χ0n) is 16.8. The Hall–Kier alpha value is -1.93. The fourth-order valence-electron chi connectivity index (χ4n) is 5.07. The Kier molecular flexibility index (Phi) is 5.66. The Morgan fingerprint density at radius 1 is 1.20 bits per heavy atom. The van der Waals surface area contributed by atoms with Crippen molar-refractivity contribution in [2.45, 2.75) is 42.2 Å². The molecule has 0 spiro atoms. The molecular weight excluding hydrogens is 422 g/mol. The number of benzene rings is 2. The van der Waals surface area contributed by atoms with Gasteiger partial charge < -0.3 is 5.32 Å². The number of halogens is 1. The van der Waals surface area contributed by atoms with Gasteiger partial charge in [0.05, 0.1) is 11.1 Å². The standard InChI is InChI=1S/C22H26ClN3O3S/c1-26-14-15-9-11-22(26,12-10-15)20(16-5-3-2-4-6-16)25-21(27)17-7-8-18(23)19(13-17)30(24,28)29/h2-8,13,15,20H,9-12,14H2,1H3,(H,25,27)(H2,24,28,29). The first-order chi connectivity index (χ1) is 14.2. The third-order valence-corrected chi connectivity index (χ3v) is 8.10. The molecule has 2 aromatic carbocycles. The minimum absolute atomic E-state index is 0.00223. The van der Waals surface area contributed by atoms with E-state index in [-0.39, 0.29) is 33.0 Å². The largest absolute Gasteiger partial charge is 0.343 e. The van der Waals surface area contributed by atoms with Crippen molar-refractivity contribution in [1.82, 2.24) is 10.2 Å². The van der Waals surface area contributed by atoms with E-state index < -0.39 is 10.0 Å². The average molecular weight is 448 g/mol. The number of likely N-dealkylation sites (N-methyl/N-ethyl adjacent to an activating group) is 1. The summed E-state index contributed by atoms with van der Waals surface area (Å²) < 4.78 is 23.6. The molecule has 2 aliphatic heterocycles. The molecule has 1 saturated carbocycles. The van der Waals surface area contributed by atoms with Crippen molar-refractivity contribution in [3.63, 3.8) is 0 Å². The van der Waals surface area contributed by atoms with Crippen molar-refractivity contribution in [1.29, 1.82) is 0 Å². The first kappa shape index (κ1) is 21.3. The Bertz CT molecular complexity index is 1050. The van der Waals surface area contributed by atoms with E-state index in [9.17, 15) is 13.2 Å². The van der Waals surface area contributed by atoms with Crippen LogP contribution in [-0.2, 0) is 10.0 Å². The van der Waals surface area contributed by atoms with Gasteiger partial charge >= 0.3 is 0 Å². The van der Waals surface area contributed by atoms with Gasteiger partial charge in [0, 0.05) is 17.6 Å². The van der Waals surface area contributed by atoms with Crippen LogP contribution in [0, 0.1) is 5.92 Å². The number of nitrogens with zero attached hydrogens (tertiary/aromatic N) is 1. The third-order valence-electron chi connectivity index (χ3n) is 6.71. The predicted octanol–water partition coefficient (Wildman–Crippen LogP) is 3.33. The lowest BCUT2D eigenvalue weighted by Gasteiger charge is -2.57. The predicted molar refractivity (Wildman–Crippen MR) is 117 cm³/mol. The highest BCUT2D eigenvalue weighted by Crippen LogP contribution is 2.49. The molecule has 8 heteroatoms. The van der Waals surface area contributed by atoms with Crippen LogP contribution in [0.3, 0.4) is 0 Å². The lowest BCUT2D eigenvalue weighted by Crippen LogP contribution is -2.62. The van der Waals surface area contributed by atoms with Gasteiger partial charge in [-0.15, -0.1) is 0 Å². The van der Waals surface area contributed by atoms with Crippen molar-refractivity contribution in [3.05, 3.63) is 64.7 Å². The molecular formula is C22H26ClN3O3S. The molecule has 2 aromatic rings. The minimum atomic E-state index is -4.03. The van der Waals surface area contributed by atoms with Gasteiger partial charge in [-0.3, -0.25) is 9.69 Å². The SMILES string of the molecule is CN1CC2CCC1(C(NC(=O)c1ccc(Cl)c(S(N)(=O)=O)c1)c1ccccc1)CC2. The van der Waals surface area contributed by atoms with Gasteiger partial charge in [-0.2, -0.15) is 0 Å². The van der Waals surface area contributed by atoms with E-state index in [1.807, 2.05) is 30.3 Å². The molecule has 1 aliphatic carbocycles. The average Bonchev–Trinajstić information content (AvgIpc) is 2.73. The van der Waals surface area contributed by atoms with Gasteiger partial charge in [0.15, 0.2) is 0 Å². The fraction of sp³-hybridized carbons (Fsp3) is 0.409. The highest BCUT2D eigenvalue weighted by atomic mass is 35.5. The maximum absolute atomic E-state index is 13.2. The molecule has 160 valence electrons. The normalized spacial score (nSPS) is 25.1.